The Morgan fingerprint density at radius 3 is 2.64 bits per heavy atom. The molecule has 0 aliphatic carbocycles. The van der Waals surface area contributed by atoms with Crippen molar-refractivity contribution in [2.24, 2.45) is 0 Å². The number of hydrogen-bond acceptors (Lipinski definition) is 2. The van der Waals surface area contributed by atoms with Gasteiger partial charge in [-0.05, 0) is 24.9 Å². The van der Waals surface area contributed by atoms with Crippen molar-refractivity contribution in [2.45, 2.75) is 12.8 Å². The minimum atomic E-state index is 0.656. The van der Waals surface area contributed by atoms with Gasteiger partial charge in [-0.3, -0.25) is 9.69 Å². The first-order valence-corrected chi connectivity index (χ1v) is 4.82. The van der Waals surface area contributed by atoms with E-state index in [1.165, 1.54) is 0 Å². The number of hydrogen-bond donors (Lipinski definition) is 0. The van der Waals surface area contributed by atoms with Crippen molar-refractivity contribution < 1.29 is 4.79 Å². The van der Waals surface area contributed by atoms with E-state index in [2.05, 4.69) is 6.54 Å². The second kappa shape index (κ2) is 4.38. The Morgan fingerprint density at radius 1 is 1.29 bits per heavy atom. The lowest BCUT2D eigenvalue weighted by Gasteiger charge is -2.20. The average Bonchev–Trinajstić information content (AvgIpc) is 2.74. The predicted molar refractivity (Wildman–Crippen MR) is 54.7 cm³/mol. The monoisotopic (exact) mass is 186 g/mol. The van der Waals surface area contributed by atoms with E-state index in [0.717, 1.165) is 24.9 Å². The van der Waals surface area contributed by atoms with Crippen LogP contribution in [0.3, 0.4) is 0 Å². The third kappa shape index (κ3) is 1.85. The summed E-state index contributed by atoms with van der Waals surface area (Å²) >= 11 is 0. The van der Waals surface area contributed by atoms with Crippen molar-refractivity contribution >= 4 is 6.29 Å². The lowest BCUT2D eigenvalue weighted by Crippen LogP contribution is -2.24. The van der Waals surface area contributed by atoms with Crippen LogP contribution in [0.5, 0.6) is 0 Å². The molecule has 1 aliphatic rings. The summed E-state index contributed by atoms with van der Waals surface area (Å²) in [5.74, 6) is 0. The standard InChI is InChI=1S/C12H12NO/c14-10-12(13-8-4-5-9-13)11-6-2-1-3-7-11/h1-3,6-8H,4-5,9H2. The van der Waals surface area contributed by atoms with Crippen LogP contribution in [0.25, 0.3) is 0 Å². The van der Waals surface area contributed by atoms with Gasteiger partial charge in [0.15, 0.2) is 0 Å². The van der Waals surface area contributed by atoms with Gasteiger partial charge in [0.25, 0.3) is 0 Å². The zero-order chi connectivity index (χ0) is 9.80. The highest BCUT2D eigenvalue weighted by Crippen LogP contribution is 2.24. The van der Waals surface area contributed by atoms with E-state index in [1.807, 2.05) is 41.5 Å². The van der Waals surface area contributed by atoms with E-state index >= 15 is 0 Å². The number of nitrogens with zero attached hydrogens (tertiary/aromatic N) is 1. The van der Waals surface area contributed by atoms with Crippen LogP contribution in [0, 0.1) is 12.6 Å². The summed E-state index contributed by atoms with van der Waals surface area (Å²) in [5.41, 5.74) is 0.945. The first-order chi connectivity index (χ1) is 6.92. The number of carbonyl (C=O) groups excluding carboxylic acids is 1. The molecule has 0 amide bonds. The molecule has 0 N–H and O–H groups in total. The van der Waals surface area contributed by atoms with E-state index in [0.29, 0.717) is 6.04 Å². The molecule has 1 aromatic rings. The van der Waals surface area contributed by atoms with Crippen molar-refractivity contribution in [1.82, 2.24) is 4.90 Å². The van der Waals surface area contributed by atoms with Crippen molar-refractivity contribution in [2.75, 3.05) is 6.54 Å². The second-order valence-corrected chi connectivity index (χ2v) is 3.33. The molecule has 14 heavy (non-hydrogen) atoms. The van der Waals surface area contributed by atoms with Gasteiger partial charge < -0.3 is 0 Å². The molecule has 0 bridgehead atoms. The Labute approximate surface area is 84.5 Å². The zero-order valence-corrected chi connectivity index (χ0v) is 7.94. The van der Waals surface area contributed by atoms with E-state index in [1.54, 1.807) is 0 Å². The fraction of sp³-hybridized carbons (Fsp3) is 0.250. The van der Waals surface area contributed by atoms with Crippen molar-refractivity contribution in [1.29, 1.82) is 0 Å². The molecule has 1 aromatic carbocycles. The van der Waals surface area contributed by atoms with Gasteiger partial charge in [-0.15, -0.1) is 0 Å². The normalized spacial score (nSPS) is 17.5. The van der Waals surface area contributed by atoms with E-state index in [9.17, 15) is 4.79 Å². The largest absolute Gasteiger partial charge is 0.288 e. The van der Waals surface area contributed by atoms with Crippen LogP contribution >= 0.6 is 0 Å². The molecule has 71 valence electrons. The van der Waals surface area contributed by atoms with Crippen LogP contribution in [0.1, 0.15) is 18.4 Å². The van der Waals surface area contributed by atoms with Gasteiger partial charge >= 0.3 is 0 Å². The number of benzene rings is 1. The van der Waals surface area contributed by atoms with Gasteiger partial charge in [-0.2, -0.15) is 0 Å². The Balaban J connectivity index is 2.16. The number of rotatable bonds is 3. The smallest absolute Gasteiger partial charge is 0.228 e. The van der Waals surface area contributed by atoms with E-state index in [-0.39, 0.29) is 0 Å². The fourth-order valence-electron chi connectivity index (χ4n) is 1.68. The second-order valence-electron chi connectivity index (χ2n) is 3.33. The maximum atomic E-state index is 10.9. The van der Waals surface area contributed by atoms with Crippen LogP contribution in [0.2, 0.25) is 0 Å². The Hall–Kier alpha value is -1.15. The van der Waals surface area contributed by atoms with Crippen LogP contribution in [0.15, 0.2) is 30.3 Å². The molecule has 1 fully saturated rings. The minimum absolute atomic E-state index is 0.656. The van der Waals surface area contributed by atoms with E-state index in [4.69, 9.17) is 0 Å². The van der Waals surface area contributed by atoms with Crippen LogP contribution in [-0.2, 0) is 4.79 Å². The molecule has 0 spiro atoms. The predicted octanol–water partition coefficient (Wildman–Crippen LogP) is 1.93. The molecular formula is C12H12NO. The molecule has 0 atom stereocenters. The van der Waals surface area contributed by atoms with Gasteiger partial charge in [0, 0.05) is 6.54 Å². The fourth-order valence-corrected chi connectivity index (χ4v) is 1.68. The quantitative estimate of drug-likeness (QED) is 0.719. The summed E-state index contributed by atoms with van der Waals surface area (Å²) in [7, 11) is 0. The highest BCUT2D eigenvalue weighted by molar-refractivity contribution is 5.75. The summed E-state index contributed by atoms with van der Waals surface area (Å²) in [6.45, 7) is 2.99. The van der Waals surface area contributed by atoms with E-state index < -0.39 is 0 Å². The highest BCUT2D eigenvalue weighted by atomic mass is 16.1. The van der Waals surface area contributed by atoms with Gasteiger partial charge in [0.2, 0.25) is 6.29 Å². The van der Waals surface area contributed by atoms with Crippen LogP contribution < -0.4 is 0 Å². The van der Waals surface area contributed by atoms with Crippen molar-refractivity contribution in [3.05, 3.63) is 48.5 Å². The molecule has 2 nitrogen and oxygen atoms in total. The molecule has 1 heterocycles. The molecule has 1 saturated heterocycles. The summed E-state index contributed by atoms with van der Waals surface area (Å²) < 4.78 is 0. The van der Waals surface area contributed by atoms with Crippen LogP contribution in [0.4, 0.5) is 0 Å². The molecule has 0 saturated carbocycles. The Kier molecular flexibility index (Phi) is 2.94. The summed E-state index contributed by atoms with van der Waals surface area (Å²) in [5, 5.41) is 0. The Morgan fingerprint density at radius 2 is 2.07 bits per heavy atom. The topological polar surface area (TPSA) is 20.3 Å². The minimum Gasteiger partial charge on any atom is -0.288 e. The molecular weight excluding hydrogens is 174 g/mol. The summed E-state index contributed by atoms with van der Waals surface area (Å²) in [4.78, 5) is 12.9. The van der Waals surface area contributed by atoms with Crippen molar-refractivity contribution in [3.63, 3.8) is 0 Å². The molecule has 3 radical (unpaired) electrons. The average molecular weight is 186 g/mol. The summed E-state index contributed by atoms with van der Waals surface area (Å²) in [6.07, 6.45) is 4.20. The zero-order valence-electron chi connectivity index (χ0n) is 7.94. The maximum Gasteiger partial charge on any atom is 0.228 e. The summed E-state index contributed by atoms with van der Waals surface area (Å²) in [6, 6.07) is 10.3. The van der Waals surface area contributed by atoms with Crippen LogP contribution in [-0.4, -0.2) is 17.7 Å². The molecule has 0 aromatic heterocycles. The number of likely N-dealkylation sites (tertiary alicyclic amines) is 1. The van der Waals surface area contributed by atoms with Gasteiger partial charge in [0.05, 0.1) is 0 Å². The SMILES string of the molecule is O=[C][C](c1ccccc1)N1[CH]CCC1. The maximum absolute atomic E-state index is 10.9. The molecule has 1 aliphatic heterocycles. The van der Waals surface area contributed by atoms with Crippen molar-refractivity contribution in [3.8, 4) is 0 Å². The third-order valence-corrected chi connectivity index (χ3v) is 2.38. The lowest BCUT2D eigenvalue weighted by atomic mass is 10.1. The highest BCUT2D eigenvalue weighted by Gasteiger charge is 2.24. The third-order valence-electron chi connectivity index (χ3n) is 2.38. The first-order valence-electron chi connectivity index (χ1n) is 4.82. The first kappa shape index (κ1) is 9.41. The molecule has 0 unspecified atom stereocenters. The van der Waals surface area contributed by atoms with Gasteiger partial charge in [-0.25, -0.2) is 0 Å². The van der Waals surface area contributed by atoms with Gasteiger partial charge in [-0.1, -0.05) is 30.3 Å². The lowest BCUT2D eigenvalue weighted by molar-refractivity contribution is 0.437. The van der Waals surface area contributed by atoms with Gasteiger partial charge in [0.1, 0.15) is 6.04 Å². The molecule has 2 heteroatoms. The molecule has 2 rings (SSSR count). The Bertz CT molecular complexity index is 290.